The Bertz CT molecular complexity index is 574. The van der Waals surface area contributed by atoms with Crippen LogP contribution in [0.2, 0.25) is 0 Å². The van der Waals surface area contributed by atoms with Crippen LogP contribution in [0.4, 0.5) is 0 Å². The van der Waals surface area contributed by atoms with Gasteiger partial charge in [-0.1, -0.05) is 154 Å². The monoisotopic (exact) mass is 564 g/mol. The minimum Gasteiger partial charge on any atom is -0.394 e. The highest BCUT2D eigenvalue weighted by molar-refractivity contribution is 5.76. The van der Waals surface area contributed by atoms with Crippen LogP contribution < -0.4 is 5.32 Å². The van der Waals surface area contributed by atoms with E-state index in [2.05, 4.69) is 43.5 Å². The number of hydrogen-bond donors (Lipinski definition) is 3. The smallest absolute Gasteiger partial charge is 0.220 e. The van der Waals surface area contributed by atoms with Crippen LogP contribution >= 0.6 is 0 Å². The van der Waals surface area contributed by atoms with Gasteiger partial charge in [0.25, 0.3) is 0 Å². The number of nitrogens with one attached hydrogen (secondary N) is 1. The fourth-order valence-corrected chi connectivity index (χ4v) is 5.21. The molecule has 2 atom stereocenters. The summed E-state index contributed by atoms with van der Waals surface area (Å²) < 4.78 is 0. The van der Waals surface area contributed by atoms with Crippen LogP contribution in [0.3, 0.4) is 0 Å². The molecule has 0 fully saturated rings. The maximum absolute atomic E-state index is 12.3. The first kappa shape index (κ1) is 38.9. The van der Waals surface area contributed by atoms with E-state index < -0.39 is 12.1 Å². The van der Waals surface area contributed by atoms with E-state index in [-0.39, 0.29) is 12.5 Å². The van der Waals surface area contributed by atoms with E-state index in [0.717, 1.165) is 44.9 Å². The Morgan fingerprint density at radius 2 is 1.02 bits per heavy atom. The van der Waals surface area contributed by atoms with Crippen molar-refractivity contribution in [1.29, 1.82) is 0 Å². The molecule has 4 nitrogen and oxygen atoms in total. The highest BCUT2D eigenvalue weighted by Crippen LogP contribution is 2.14. The fourth-order valence-electron chi connectivity index (χ4n) is 5.21. The van der Waals surface area contributed by atoms with Gasteiger partial charge in [0.15, 0.2) is 0 Å². The van der Waals surface area contributed by atoms with E-state index >= 15 is 0 Å². The summed E-state index contributed by atoms with van der Waals surface area (Å²) in [6, 6.07) is -0.539. The summed E-state index contributed by atoms with van der Waals surface area (Å²) in [5, 5.41) is 23.0. The van der Waals surface area contributed by atoms with E-state index in [9.17, 15) is 15.0 Å². The van der Waals surface area contributed by atoms with Crippen molar-refractivity contribution in [3.63, 3.8) is 0 Å². The molecule has 0 aromatic rings. The number of unbranched alkanes of at least 4 members (excludes halogenated alkanes) is 20. The summed E-state index contributed by atoms with van der Waals surface area (Å²) in [5.41, 5.74) is 0. The lowest BCUT2D eigenvalue weighted by Gasteiger charge is -2.22. The number of rotatable bonds is 31. The van der Waals surface area contributed by atoms with Gasteiger partial charge in [0.05, 0.1) is 18.8 Å². The zero-order valence-electron chi connectivity index (χ0n) is 26.9. The van der Waals surface area contributed by atoms with Gasteiger partial charge >= 0.3 is 0 Å². The highest BCUT2D eigenvalue weighted by Gasteiger charge is 2.19. The summed E-state index contributed by atoms with van der Waals surface area (Å²) in [6.07, 6.45) is 39.3. The van der Waals surface area contributed by atoms with Crippen molar-refractivity contribution in [2.24, 2.45) is 0 Å². The normalized spacial score (nSPS) is 13.4. The molecule has 0 heterocycles. The second-order valence-electron chi connectivity index (χ2n) is 11.9. The molecule has 0 saturated heterocycles. The molecule has 0 rings (SSSR count). The summed E-state index contributed by atoms with van der Waals surface area (Å²) in [7, 11) is 0. The third kappa shape index (κ3) is 28.4. The lowest BCUT2D eigenvalue weighted by molar-refractivity contribution is -0.123. The van der Waals surface area contributed by atoms with Gasteiger partial charge in [-0.25, -0.2) is 0 Å². The van der Waals surface area contributed by atoms with Crippen molar-refractivity contribution in [2.75, 3.05) is 6.61 Å². The predicted molar refractivity (Wildman–Crippen MR) is 175 cm³/mol. The van der Waals surface area contributed by atoms with E-state index in [1.54, 1.807) is 0 Å². The molecule has 1 amide bonds. The van der Waals surface area contributed by atoms with E-state index in [1.165, 1.54) is 109 Å². The van der Waals surface area contributed by atoms with Crippen molar-refractivity contribution in [2.45, 2.75) is 193 Å². The lowest BCUT2D eigenvalue weighted by atomic mass is 10.0. The number of carbonyl (C=O) groups is 1. The molecule has 0 spiro atoms. The van der Waals surface area contributed by atoms with Crippen LogP contribution in [0.5, 0.6) is 0 Å². The molecule has 0 aliphatic rings. The number of amides is 1. The van der Waals surface area contributed by atoms with Crippen LogP contribution in [-0.2, 0) is 4.79 Å². The first-order valence-corrected chi connectivity index (χ1v) is 17.5. The molecular formula is C36H69NO3. The zero-order chi connectivity index (χ0) is 29.4. The van der Waals surface area contributed by atoms with Crippen LogP contribution in [0, 0.1) is 0 Å². The van der Waals surface area contributed by atoms with Crippen molar-refractivity contribution in [3.05, 3.63) is 24.3 Å². The molecular weight excluding hydrogens is 494 g/mol. The second kappa shape index (κ2) is 32.4. The number of carbonyl (C=O) groups excluding carboxylic acids is 1. The average molecular weight is 564 g/mol. The van der Waals surface area contributed by atoms with Gasteiger partial charge in [-0.2, -0.15) is 0 Å². The zero-order valence-corrected chi connectivity index (χ0v) is 26.9. The van der Waals surface area contributed by atoms with Gasteiger partial charge in [-0.15, -0.1) is 0 Å². The van der Waals surface area contributed by atoms with Crippen molar-refractivity contribution >= 4 is 5.91 Å². The predicted octanol–water partition coefficient (Wildman–Crippen LogP) is 10.1. The highest BCUT2D eigenvalue weighted by atomic mass is 16.3. The Kier molecular flexibility index (Phi) is 31.5. The van der Waals surface area contributed by atoms with Gasteiger partial charge in [-0.3, -0.25) is 4.79 Å². The lowest BCUT2D eigenvalue weighted by Crippen LogP contribution is -2.45. The Labute approximate surface area is 249 Å². The molecule has 0 aromatic heterocycles. The maximum Gasteiger partial charge on any atom is 0.220 e. The molecule has 0 aliphatic heterocycles. The molecule has 0 unspecified atom stereocenters. The standard InChI is InChI=1S/C36H69NO3/c1-3-5-7-9-11-13-15-17-18-20-22-24-26-28-30-32-36(40)37-34(33-38)35(39)31-29-27-25-23-21-19-16-14-12-10-8-6-4-2/h11,13,17-18,34-35,38-39H,3-10,12,14-16,19-33H2,1-2H3,(H,37,40)/b13-11+,18-17+/t34-,35+/m0/s1. The van der Waals surface area contributed by atoms with E-state index in [0.29, 0.717) is 12.8 Å². The maximum atomic E-state index is 12.3. The van der Waals surface area contributed by atoms with Gasteiger partial charge in [-0.05, 0) is 44.9 Å². The Hall–Kier alpha value is -1.13. The largest absolute Gasteiger partial charge is 0.394 e. The summed E-state index contributed by atoms with van der Waals surface area (Å²) >= 11 is 0. The van der Waals surface area contributed by atoms with Gasteiger partial charge in [0.1, 0.15) is 0 Å². The number of aliphatic hydroxyl groups is 2. The summed E-state index contributed by atoms with van der Waals surface area (Å²) in [4.78, 5) is 12.3. The third-order valence-corrected chi connectivity index (χ3v) is 7.97. The van der Waals surface area contributed by atoms with Crippen molar-refractivity contribution < 1.29 is 15.0 Å². The molecule has 0 saturated carbocycles. The summed E-state index contributed by atoms with van der Waals surface area (Å²) in [5.74, 6) is -0.0471. The molecule has 4 heteroatoms. The first-order chi connectivity index (χ1) is 19.7. The quantitative estimate of drug-likeness (QED) is 0.0580. The number of allylic oxidation sites excluding steroid dienone is 4. The van der Waals surface area contributed by atoms with Crippen molar-refractivity contribution in [3.8, 4) is 0 Å². The van der Waals surface area contributed by atoms with Crippen molar-refractivity contribution in [1.82, 2.24) is 5.32 Å². The number of hydrogen-bond acceptors (Lipinski definition) is 3. The van der Waals surface area contributed by atoms with Gasteiger partial charge in [0, 0.05) is 6.42 Å². The van der Waals surface area contributed by atoms with Gasteiger partial charge in [0.2, 0.25) is 5.91 Å². The number of aliphatic hydroxyl groups excluding tert-OH is 2. The third-order valence-electron chi connectivity index (χ3n) is 7.97. The van der Waals surface area contributed by atoms with Crippen LogP contribution in [0.15, 0.2) is 24.3 Å². The average Bonchev–Trinajstić information content (AvgIpc) is 2.96. The molecule has 0 radical (unpaired) electrons. The Balaban J connectivity index is 3.61. The van der Waals surface area contributed by atoms with Crippen LogP contribution in [-0.4, -0.2) is 34.9 Å². The van der Waals surface area contributed by atoms with Crippen LogP contribution in [0.1, 0.15) is 181 Å². The molecule has 0 aromatic carbocycles. The Morgan fingerprint density at radius 1 is 0.600 bits per heavy atom. The van der Waals surface area contributed by atoms with E-state index in [4.69, 9.17) is 0 Å². The SMILES string of the molecule is CCCCC/C=C/C/C=C/CCCCCCCC(=O)N[C@@H](CO)[C@H](O)CCCCCCCCCCCCCCC. The Morgan fingerprint density at radius 3 is 1.55 bits per heavy atom. The fraction of sp³-hybridized carbons (Fsp3) is 0.861. The van der Waals surface area contributed by atoms with Gasteiger partial charge < -0.3 is 15.5 Å². The minimum atomic E-state index is -0.661. The topological polar surface area (TPSA) is 69.6 Å². The molecule has 3 N–H and O–H groups in total. The second-order valence-corrected chi connectivity index (χ2v) is 11.9. The molecule has 40 heavy (non-hydrogen) atoms. The summed E-state index contributed by atoms with van der Waals surface area (Å²) in [6.45, 7) is 4.31. The van der Waals surface area contributed by atoms with E-state index in [1.807, 2.05) is 0 Å². The molecule has 0 bridgehead atoms. The molecule has 0 aliphatic carbocycles. The van der Waals surface area contributed by atoms with Crippen LogP contribution in [0.25, 0.3) is 0 Å². The molecule has 236 valence electrons. The first-order valence-electron chi connectivity index (χ1n) is 17.5. The minimum absolute atomic E-state index is 0.0471.